The number of urea groups is 1. The fourth-order valence-corrected chi connectivity index (χ4v) is 6.49. The fourth-order valence-electron chi connectivity index (χ4n) is 5.24. The molecule has 1 aliphatic carbocycles. The average molecular weight is 510 g/mol. The molecule has 0 saturated heterocycles. The number of hydrogen-bond donors (Lipinski definition) is 3. The summed E-state index contributed by atoms with van der Waals surface area (Å²) in [5.41, 5.74) is 8.32. The van der Waals surface area contributed by atoms with E-state index in [1.807, 2.05) is 6.92 Å². The van der Waals surface area contributed by atoms with Crippen LogP contribution in [0.3, 0.4) is 0 Å². The minimum atomic E-state index is -0.251. The van der Waals surface area contributed by atoms with Crippen LogP contribution in [-0.2, 0) is 12.8 Å². The van der Waals surface area contributed by atoms with Crippen LogP contribution >= 0.6 is 11.3 Å². The van der Waals surface area contributed by atoms with Crippen molar-refractivity contribution in [2.45, 2.75) is 85.5 Å². The van der Waals surface area contributed by atoms with Gasteiger partial charge < -0.3 is 10.6 Å². The minimum Gasteiger partial charge on any atom is -0.334 e. The van der Waals surface area contributed by atoms with Gasteiger partial charge in [0.2, 0.25) is 0 Å². The molecule has 0 radical (unpaired) electrons. The van der Waals surface area contributed by atoms with E-state index in [2.05, 4.69) is 54.9 Å². The van der Waals surface area contributed by atoms with E-state index in [4.69, 9.17) is 0 Å². The van der Waals surface area contributed by atoms with Crippen molar-refractivity contribution in [3.63, 3.8) is 0 Å². The topological polar surface area (TPSA) is 70.2 Å². The molecule has 0 fully saturated rings. The molecular formula is C30H43N3O2S. The van der Waals surface area contributed by atoms with Gasteiger partial charge in [-0.05, 0) is 99.6 Å². The third-order valence-corrected chi connectivity index (χ3v) is 8.38. The number of anilines is 1. The number of carbonyl (C=O) groups is 2. The summed E-state index contributed by atoms with van der Waals surface area (Å²) >= 11 is 1.56. The molecule has 0 spiro atoms. The van der Waals surface area contributed by atoms with Crippen LogP contribution in [0.5, 0.6) is 0 Å². The lowest BCUT2D eigenvalue weighted by Crippen LogP contribution is -2.33. The molecule has 0 saturated carbocycles. The van der Waals surface area contributed by atoms with Crippen LogP contribution in [0.1, 0.15) is 93.4 Å². The maximum atomic E-state index is 13.1. The normalized spacial score (nSPS) is 17.2. The van der Waals surface area contributed by atoms with Gasteiger partial charge in [0.15, 0.2) is 6.29 Å². The Bertz CT molecular complexity index is 1060. The Balaban J connectivity index is 1.88. The zero-order valence-corrected chi connectivity index (χ0v) is 23.3. The molecule has 2 heterocycles. The van der Waals surface area contributed by atoms with Crippen LogP contribution < -0.4 is 16.0 Å². The first kappa shape index (κ1) is 28.1. The quantitative estimate of drug-likeness (QED) is 0.217. The fraction of sp³-hybridized carbons (Fsp3) is 0.533. The van der Waals surface area contributed by atoms with Gasteiger partial charge in [-0.25, -0.2) is 4.79 Å². The molecule has 1 aliphatic heterocycles. The monoisotopic (exact) mass is 509 g/mol. The average Bonchev–Trinajstić information content (AvgIpc) is 3.24. The summed E-state index contributed by atoms with van der Waals surface area (Å²) < 4.78 is 0. The van der Waals surface area contributed by atoms with Crippen molar-refractivity contribution >= 4 is 28.7 Å². The van der Waals surface area contributed by atoms with Gasteiger partial charge in [0, 0.05) is 18.0 Å². The van der Waals surface area contributed by atoms with Gasteiger partial charge in [-0.3, -0.25) is 10.1 Å². The largest absolute Gasteiger partial charge is 0.334 e. The molecule has 0 bridgehead atoms. The van der Waals surface area contributed by atoms with E-state index in [1.54, 1.807) is 11.3 Å². The number of unbranched alkanes of at least 4 members (excludes halogenated alkanes) is 1. The lowest BCUT2D eigenvalue weighted by Gasteiger charge is -2.26. The van der Waals surface area contributed by atoms with Crippen molar-refractivity contribution in [2.24, 2.45) is 0 Å². The van der Waals surface area contributed by atoms with E-state index in [1.165, 1.54) is 45.6 Å². The number of rotatable bonds is 11. The molecule has 0 atom stereocenters. The second-order valence-corrected chi connectivity index (χ2v) is 10.8. The Morgan fingerprint density at radius 1 is 1.17 bits per heavy atom. The first-order chi connectivity index (χ1) is 17.5. The van der Waals surface area contributed by atoms with Crippen molar-refractivity contribution in [3.05, 3.63) is 62.1 Å². The molecule has 6 heteroatoms. The molecule has 5 nitrogen and oxygen atoms in total. The van der Waals surface area contributed by atoms with Crippen molar-refractivity contribution in [2.75, 3.05) is 25.0 Å². The van der Waals surface area contributed by atoms with E-state index < -0.39 is 0 Å². The smallest absolute Gasteiger partial charge is 0.320 e. The number of aryl methyl sites for hydroxylation is 1. The Labute approximate surface area is 221 Å². The first-order valence-electron chi connectivity index (χ1n) is 13.6. The van der Waals surface area contributed by atoms with Crippen molar-refractivity contribution in [1.29, 1.82) is 0 Å². The molecule has 2 aliphatic rings. The van der Waals surface area contributed by atoms with Crippen molar-refractivity contribution in [1.82, 2.24) is 10.6 Å². The number of carbonyl (C=O) groups excluding carboxylic acids is 2. The van der Waals surface area contributed by atoms with E-state index in [0.717, 1.165) is 69.9 Å². The minimum absolute atomic E-state index is 0.251. The van der Waals surface area contributed by atoms with Crippen LogP contribution in [0.25, 0.3) is 0 Å². The highest BCUT2D eigenvalue weighted by Gasteiger charge is 2.23. The molecule has 3 rings (SSSR count). The van der Waals surface area contributed by atoms with Crippen LogP contribution in [0.2, 0.25) is 0 Å². The maximum absolute atomic E-state index is 13.1. The van der Waals surface area contributed by atoms with Crippen molar-refractivity contribution < 1.29 is 9.59 Å². The summed E-state index contributed by atoms with van der Waals surface area (Å²) in [5, 5.41) is 10.4. The summed E-state index contributed by atoms with van der Waals surface area (Å²) in [6.07, 6.45) is 16.9. The van der Waals surface area contributed by atoms with Crippen LogP contribution in [-0.4, -0.2) is 32.0 Å². The molecule has 36 heavy (non-hydrogen) atoms. The standard InChI is InChI=1S/C30H43N3O2S/c1-5-8-13-23-18-31-17-16-24(23)26(21(4)22(11-6-2)12-7-3)19-32-30(35)33-29-27(20-34)25-14-9-10-15-28(25)36-29/h6,11-12,20,31H,5,7-10,13-19H2,1-4H3,(H2,32,33,35)/b11-6-,22-12+,26-21+. The number of hydrogen-bond acceptors (Lipinski definition) is 4. The molecule has 0 unspecified atom stereocenters. The van der Waals surface area contributed by atoms with Gasteiger partial charge in [0.1, 0.15) is 5.00 Å². The molecular weight excluding hydrogens is 466 g/mol. The predicted octanol–water partition coefficient (Wildman–Crippen LogP) is 7.27. The van der Waals surface area contributed by atoms with Crippen LogP contribution in [0.4, 0.5) is 9.80 Å². The highest BCUT2D eigenvalue weighted by Crippen LogP contribution is 2.37. The second kappa shape index (κ2) is 14.3. The Hall–Kier alpha value is -2.44. The summed E-state index contributed by atoms with van der Waals surface area (Å²) in [6, 6.07) is -0.251. The third kappa shape index (κ3) is 7.07. The van der Waals surface area contributed by atoms with Gasteiger partial charge in [-0.15, -0.1) is 11.3 Å². The number of fused-ring (bicyclic) bond motifs is 1. The molecule has 2 amide bonds. The number of nitrogens with one attached hydrogen (secondary N) is 3. The van der Waals surface area contributed by atoms with Gasteiger partial charge in [-0.1, -0.05) is 44.1 Å². The van der Waals surface area contributed by atoms with Gasteiger partial charge in [0.25, 0.3) is 0 Å². The highest BCUT2D eigenvalue weighted by atomic mass is 32.1. The maximum Gasteiger partial charge on any atom is 0.320 e. The Morgan fingerprint density at radius 3 is 2.69 bits per heavy atom. The van der Waals surface area contributed by atoms with Crippen LogP contribution in [0, 0.1) is 0 Å². The van der Waals surface area contributed by atoms with Gasteiger partial charge in [0.05, 0.1) is 5.56 Å². The molecule has 196 valence electrons. The summed E-state index contributed by atoms with van der Waals surface area (Å²) in [4.78, 5) is 26.1. The zero-order chi connectivity index (χ0) is 25.9. The third-order valence-electron chi connectivity index (χ3n) is 7.15. The predicted molar refractivity (Wildman–Crippen MR) is 153 cm³/mol. The Morgan fingerprint density at radius 2 is 1.97 bits per heavy atom. The van der Waals surface area contributed by atoms with Gasteiger partial charge in [-0.2, -0.15) is 0 Å². The van der Waals surface area contributed by atoms with Crippen molar-refractivity contribution in [3.8, 4) is 0 Å². The van der Waals surface area contributed by atoms with E-state index in [0.29, 0.717) is 17.1 Å². The zero-order valence-electron chi connectivity index (χ0n) is 22.5. The molecule has 1 aromatic heterocycles. The first-order valence-corrected chi connectivity index (χ1v) is 14.4. The second-order valence-electron chi connectivity index (χ2n) is 9.66. The lowest BCUT2D eigenvalue weighted by molar-refractivity contribution is 0.112. The summed E-state index contributed by atoms with van der Waals surface area (Å²) in [7, 11) is 0. The van der Waals surface area contributed by atoms with Crippen LogP contribution in [0.15, 0.2) is 46.1 Å². The van der Waals surface area contributed by atoms with Gasteiger partial charge >= 0.3 is 6.03 Å². The summed E-state index contributed by atoms with van der Waals surface area (Å²) in [6.45, 7) is 10.9. The van der Waals surface area contributed by atoms with E-state index in [9.17, 15) is 9.59 Å². The number of thiophene rings is 1. The number of allylic oxidation sites excluding steroid dienone is 5. The molecule has 0 aromatic carbocycles. The summed E-state index contributed by atoms with van der Waals surface area (Å²) in [5.74, 6) is 0. The number of aldehydes is 1. The highest BCUT2D eigenvalue weighted by molar-refractivity contribution is 7.16. The number of amides is 2. The molecule has 1 aromatic rings. The molecule has 3 N–H and O–H groups in total. The lowest BCUT2D eigenvalue weighted by atomic mass is 9.86. The van der Waals surface area contributed by atoms with E-state index >= 15 is 0 Å². The SMILES string of the molecule is C\C=C/C(=C\CC)C(/C)=C(\CNC(=O)Nc1sc2c(c1C=O)CCCC2)C1=C(CCCC)CNCC1. The Kier molecular flexibility index (Phi) is 11.2. The van der Waals surface area contributed by atoms with E-state index in [-0.39, 0.29) is 6.03 Å².